The van der Waals surface area contributed by atoms with Gasteiger partial charge in [-0.25, -0.2) is 0 Å². The molecule has 1 rings (SSSR count). The molecule has 1 N–H and O–H groups in total. The maximum Gasteiger partial charge on any atom is 0.225 e. The van der Waals surface area contributed by atoms with E-state index in [-0.39, 0.29) is 30.2 Å². The third-order valence-corrected chi connectivity index (χ3v) is 2.96. The Labute approximate surface area is 103 Å². The van der Waals surface area contributed by atoms with E-state index in [0.717, 1.165) is 19.4 Å². The average Bonchev–Trinajstić information content (AvgIpc) is 2.35. The van der Waals surface area contributed by atoms with Crippen LogP contribution in [0.25, 0.3) is 0 Å². The largest absolute Gasteiger partial charge is 0.345 e. The molecule has 17 heavy (non-hydrogen) atoms. The van der Waals surface area contributed by atoms with E-state index in [0.29, 0.717) is 6.54 Å². The minimum absolute atomic E-state index is 0.0116. The number of amides is 2. The molecule has 0 aliphatic carbocycles. The van der Waals surface area contributed by atoms with Gasteiger partial charge in [-0.05, 0) is 12.8 Å². The molecule has 0 aromatic rings. The van der Waals surface area contributed by atoms with Gasteiger partial charge in [0.25, 0.3) is 0 Å². The zero-order valence-corrected chi connectivity index (χ0v) is 10.5. The van der Waals surface area contributed by atoms with Crippen LogP contribution < -0.4 is 5.32 Å². The third-order valence-electron chi connectivity index (χ3n) is 2.96. The molecule has 4 heteroatoms. The molecule has 0 aromatic carbocycles. The van der Waals surface area contributed by atoms with Gasteiger partial charge >= 0.3 is 0 Å². The number of piperidine rings is 1. The van der Waals surface area contributed by atoms with Gasteiger partial charge in [-0.1, -0.05) is 19.8 Å². The number of hydrogen-bond donors (Lipinski definition) is 1. The van der Waals surface area contributed by atoms with Crippen LogP contribution in [0.15, 0.2) is 0 Å². The summed E-state index contributed by atoms with van der Waals surface area (Å²) in [6, 6.07) is 0. The number of carbonyl (C=O) groups excluding carboxylic acids is 2. The second kappa shape index (κ2) is 6.29. The summed E-state index contributed by atoms with van der Waals surface area (Å²) in [7, 11) is 0. The lowest BCUT2D eigenvalue weighted by molar-refractivity contribution is -0.138. The van der Waals surface area contributed by atoms with E-state index in [2.05, 4.69) is 11.2 Å². The monoisotopic (exact) mass is 236 g/mol. The Hall–Kier alpha value is -1.50. The van der Waals surface area contributed by atoms with Crippen molar-refractivity contribution in [3.8, 4) is 12.3 Å². The first-order chi connectivity index (χ1) is 8.06. The molecular weight excluding hydrogens is 216 g/mol. The Morgan fingerprint density at radius 1 is 1.53 bits per heavy atom. The quantitative estimate of drug-likeness (QED) is 0.731. The Morgan fingerprint density at radius 2 is 2.24 bits per heavy atom. The number of terminal acetylenes is 1. The van der Waals surface area contributed by atoms with Crippen LogP contribution in [0.5, 0.6) is 0 Å². The van der Waals surface area contributed by atoms with Gasteiger partial charge in [0.2, 0.25) is 11.8 Å². The van der Waals surface area contributed by atoms with Gasteiger partial charge in [-0.15, -0.1) is 6.42 Å². The molecule has 1 saturated heterocycles. The molecule has 1 aliphatic heterocycles. The highest BCUT2D eigenvalue weighted by atomic mass is 16.2. The first kappa shape index (κ1) is 13.6. The van der Waals surface area contributed by atoms with Crippen molar-refractivity contribution < 1.29 is 9.59 Å². The minimum Gasteiger partial charge on any atom is -0.345 e. The van der Waals surface area contributed by atoms with E-state index in [1.807, 2.05) is 13.8 Å². The second-order valence-corrected chi connectivity index (χ2v) is 4.70. The molecule has 1 unspecified atom stereocenters. The standard InChI is InChI=1S/C13H20N2O2/c1-4-7-14-12(16)11-6-5-8-15(9-11)13(17)10(2)3/h1,10-11H,5-9H2,2-3H3,(H,14,16). The Morgan fingerprint density at radius 3 is 2.82 bits per heavy atom. The van der Waals surface area contributed by atoms with E-state index >= 15 is 0 Å². The first-order valence-electron chi connectivity index (χ1n) is 6.06. The van der Waals surface area contributed by atoms with Crippen molar-refractivity contribution in [1.29, 1.82) is 0 Å². The molecular formula is C13H20N2O2. The molecule has 0 spiro atoms. The predicted molar refractivity (Wildman–Crippen MR) is 66.0 cm³/mol. The minimum atomic E-state index is -0.111. The molecule has 2 amide bonds. The summed E-state index contributed by atoms with van der Waals surface area (Å²) in [6.07, 6.45) is 6.81. The molecule has 4 nitrogen and oxygen atoms in total. The highest BCUT2D eigenvalue weighted by Crippen LogP contribution is 2.18. The zero-order chi connectivity index (χ0) is 12.8. The van der Waals surface area contributed by atoms with Crippen molar-refractivity contribution >= 4 is 11.8 Å². The number of nitrogens with one attached hydrogen (secondary N) is 1. The molecule has 0 bridgehead atoms. The van der Waals surface area contributed by atoms with Crippen LogP contribution in [0.3, 0.4) is 0 Å². The number of hydrogen-bond acceptors (Lipinski definition) is 2. The number of rotatable bonds is 3. The molecule has 0 saturated carbocycles. The summed E-state index contributed by atoms with van der Waals surface area (Å²) in [4.78, 5) is 25.4. The number of likely N-dealkylation sites (tertiary alicyclic amines) is 1. The number of carbonyl (C=O) groups is 2. The van der Waals surface area contributed by atoms with Gasteiger partial charge in [-0.3, -0.25) is 9.59 Å². The summed E-state index contributed by atoms with van der Waals surface area (Å²) < 4.78 is 0. The van der Waals surface area contributed by atoms with Crippen LogP contribution in [-0.2, 0) is 9.59 Å². The van der Waals surface area contributed by atoms with Crippen LogP contribution in [0.1, 0.15) is 26.7 Å². The van der Waals surface area contributed by atoms with Crippen LogP contribution in [0.2, 0.25) is 0 Å². The van der Waals surface area contributed by atoms with Gasteiger partial charge in [0.1, 0.15) is 0 Å². The van der Waals surface area contributed by atoms with Crippen molar-refractivity contribution in [2.75, 3.05) is 19.6 Å². The molecule has 1 atom stereocenters. The summed E-state index contributed by atoms with van der Waals surface area (Å²) in [6.45, 7) is 5.30. The maximum absolute atomic E-state index is 11.8. The fourth-order valence-electron chi connectivity index (χ4n) is 2.04. The molecule has 94 valence electrons. The van der Waals surface area contributed by atoms with Crippen molar-refractivity contribution in [3.05, 3.63) is 0 Å². The van der Waals surface area contributed by atoms with Gasteiger partial charge in [0.15, 0.2) is 0 Å². The Bertz CT molecular complexity index is 331. The van der Waals surface area contributed by atoms with E-state index < -0.39 is 0 Å². The van der Waals surface area contributed by atoms with E-state index in [1.54, 1.807) is 4.90 Å². The summed E-state index contributed by atoms with van der Waals surface area (Å²) in [5.74, 6) is 2.34. The lowest BCUT2D eigenvalue weighted by Gasteiger charge is -2.33. The van der Waals surface area contributed by atoms with Crippen molar-refractivity contribution in [1.82, 2.24) is 10.2 Å². The van der Waals surface area contributed by atoms with Crippen molar-refractivity contribution in [3.63, 3.8) is 0 Å². The normalized spacial score (nSPS) is 19.9. The summed E-state index contributed by atoms with van der Waals surface area (Å²) in [5.41, 5.74) is 0. The fourth-order valence-corrected chi connectivity index (χ4v) is 2.04. The van der Waals surface area contributed by atoms with Crippen LogP contribution in [0, 0.1) is 24.2 Å². The van der Waals surface area contributed by atoms with Crippen LogP contribution in [0.4, 0.5) is 0 Å². The lowest BCUT2D eigenvalue weighted by atomic mass is 9.96. The SMILES string of the molecule is C#CCNC(=O)C1CCCN(C(=O)C(C)C)C1. The van der Waals surface area contributed by atoms with Crippen LogP contribution in [-0.4, -0.2) is 36.3 Å². The Kier molecular flexibility index (Phi) is 5.02. The maximum atomic E-state index is 11.8. The number of nitrogens with zero attached hydrogens (tertiary/aromatic N) is 1. The second-order valence-electron chi connectivity index (χ2n) is 4.70. The fraction of sp³-hybridized carbons (Fsp3) is 0.692. The van der Waals surface area contributed by atoms with Gasteiger partial charge in [0.05, 0.1) is 12.5 Å². The molecule has 1 aliphatic rings. The smallest absolute Gasteiger partial charge is 0.225 e. The third kappa shape index (κ3) is 3.77. The van der Waals surface area contributed by atoms with Gasteiger partial charge < -0.3 is 10.2 Å². The van der Waals surface area contributed by atoms with Crippen molar-refractivity contribution in [2.45, 2.75) is 26.7 Å². The molecule has 1 heterocycles. The Balaban J connectivity index is 2.52. The van der Waals surface area contributed by atoms with Crippen molar-refractivity contribution in [2.24, 2.45) is 11.8 Å². The molecule has 0 radical (unpaired) electrons. The highest BCUT2D eigenvalue weighted by molar-refractivity contribution is 5.82. The average molecular weight is 236 g/mol. The highest BCUT2D eigenvalue weighted by Gasteiger charge is 2.28. The van der Waals surface area contributed by atoms with Crippen LogP contribution >= 0.6 is 0 Å². The van der Waals surface area contributed by atoms with Gasteiger partial charge in [-0.2, -0.15) is 0 Å². The topological polar surface area (TPSA) is 49.4 Å². The van der Waals surface area contributed by atoms with E-state index in [1.165, 1.54) is 0 Å². The van der Waals surface area contributed by atoms with E-state index in [9.17, 15) is 9.59 Å². The molecule has 1 fully saturated rings. The summed E-state index contributed by atoms with van der Waals surface area (Å²) in [5, 5.41) is 2.68. The molecule has 0 aromatic heterocycles. The zero-order valence-electron chi connectivity index (χ0n) is 10.5. The van der Waals surface area contributed by atoms with E-state index in [4.69, 9.17) is 6.42 Å². The first-order valence-corrected chi connectivity index (χ1v) is 6.06. The predicted octanol–water partition coefficient (Wildman–Crippen LogP) is 0.630. The lowest BCUT2D eigenvalue weighted by Crippen LogP contribution is -2.46. The van der Waals surface area contributed by atoms with Gasteiger partial charge in [0, 0.05) is 19.0 Å². The summed E-state index contributed by atoms with van der Waals surface area (Å²) >= 11 is 0.